The molecule has 9 rings (SSSR count). The summed E-state index contributed by atoms with van der Waals surface area (Å²) in [5.74, 6) is -2.49. The van der Waals surface area contributed by atoms with Crippen LogP contribution in [0.25, 0.3) is 0 Å². The van der Waals surface area contributed by atoms with Crippen molar-refractivity contribution >= 4 is 23.2 Å². The molecule has 9 atom stereocenters. The minimum absolute atomic E-state index is 0.0389. The van der Waals surface area contributed by atoms with Gasteiger partial charge in [0.05, 0.1) is 30.9 Å². The number of carbonyl (C=O) groups is 3. The van der Waals surface area contributed by atoms with E-state index in [2.05, 4.69) is 21.3 Å². The quantitative estimate of drug-likeness (QED) is 0.123. The molecular formula is C41H43N7O10. The zero-order valence-corrected chi connectivity index (χ0v) is 31.0. The Labute approximate surface area is 332 Å². The number of carbonyl (C=O) groups excluding carboxylic acids is 3. The van der Waals surface area contributed by atoms with Crippen LogP contribution in [0.1, 0.15) is 55.3 Å². The highest BCUT2D eigenvalue weighted by Crippen LogP contribution is 2.48. The number of hydrogen-bond donors (Lipinski definition) is 9. The van der Waals surface area contributed by atoms with Gasteiger partial charge in [0.1, 0.15) is 49.5 Å². The van der Waals surface area contributed by atoms with E-state index in [0.717, 1.165) is 5.57 Å². The van der Waals surface area contributed by atoms with Crippen LogP contribution in [0.5, 0.6) is 11.5 Å². The van der Waals surface area contributed by atoms with Crippen LogP contribution in [0, 0.1) is 0 Å². The van der Waals surface area contributed by atoms with Crippen molar-refractivity contribution in [2.45, 2.75) is 61.5 Å². The standard InChI is InChI=1S/C41H43N7O10/c42-28-15-19(9-12-44-28)10-14-56-37-35(53)33(51)27-17-55-13-11-20(21-5-3-4-8-26(21)48-18-45-30-38(48)46-41(43)47-39(30)54)24-16-25-29(34(52)36(24)58-40(37)57-27)32(50)23-7-2-1-6-22(23)31(25)49/h1-9,11,13,15-16,20,27,30,33,35,37-38,40-41,44-46,51-53H,10,12,14,17-18,42-43H2,(H,47,54). The van der Waals surface area contributed by atoms with Gasteiger partial charge in [-0.2, -0.15) is 0 Å². The fraction of sp³-hybridized carbons (Fsp3) is 0.341. The number of aliphatic hydroxyl groups is 2. The van der Waals surface area contributed by atoms with Gasteiger partial charge >= 0.3 is 0 Å². The first-order valence-corrected chi connectivity index (χ1v) is 19.1. The fourth-order valence-electron chi connectivity index (χ4n) is 8.51. The summed E-state index contributed by atoms with van der Waals surface area (Å²) in [5, 5.41) is 47.2. The molecule has 6 aliphatic rings. The highest BCUT2D eigenvalue weighted by molar-refractivity contribution is 6.29. The number of phenolic OH excluding ortho intramolecular Hbond substituents is 1. The number of rotatable bonds is 6. The molecule has 0 saturated carbocycles. The summed E-state index contributed by atoms with van der Waals surface area (Å²) in [6, 6.07) is 14.7. The Balaban J connectivity index is 1.17. The summed E-state index contributed by atoms with van der Waals surface area (Å²) in [6.07, 6.45) is -0.960. The van der Waals surface area contributed by atoms with Crippen molar-refractivity contribution in [1.29, 1.82) is 0 Å². The van der Waals surface area contributed by atoms with Gasteiger partial charge in [0.15, 0.2) is 23.1 Å². The minimum atomic E-state index is -1.53. The zero-order valence-electron chi connectivity index (χ0n) is 31.0. The average Bonchev–Trinajstić information content (AvgIpc) is 3.63. The SMILES string of the molecule is NC1=CC(CCOC2C3Oc4c(cc5c(c4O)C(=O)c4ccccc4C5=O)C(c4ccccc4N4CNC5C(=O)NC(N)NC54)C=COCC(O3)C(O)C2O)=CCN1. The number of aromatic hydroxyl groups is 1. The summed E-state index contributed by atoms with van der Waals surface area (Å²) in [7, 11) is 0. The van der Waals surface area contributed by atoms with Crippen molar-refractivity contribution in [2.24, 2.45) is 11.5 Å². The van der Waals surface area contributed by atoms with Crippen LogP contribution in [0.4, 0.5) is 5.69 Å². The topological polar surface area (TPSA) is 252 Å². The van der Waals surface area contributed by atoms with E-state index in [1.807, 2.05) is 35.2 Å². The second kappa shape index (κ2) is 15.2. The van der Waals surface area contributed by atoms with Gasteiger partial charge < -0.3 is 55.5 Å². The number of aliphatic hydroxyl groups excluding tert-OH is 2. The van der Waals surface area contributed by atoms with Gasteiger partial charge in [-0.25, -0.2) is 0 Å². The molecule has 1 aliphatic carbocycles. The largest absolute Gasteiger partial charge is 0.504 e. The van der Waals surface area contributed by atoms with Gasteiger partial charge in [-0.3, -0.25) is 30.8 Å². The molecule has 5 heterocycles. The summed E-state index contributed by atoms with van der Waals surface area (Å²) < 4.78 is 25.0. The number of ketones is 2. The van der Waals surface area contributed by atoms with Crippen molar-refractivity contribution in [2.75, 3.05) is 31.3 Å². The van der Waals surface area contributed by atoms with Gasteiger partial charge in [-0.05, 0) is 41.8 Å². The van der Waals surface area contributed by atoms with E-state index >= 15 is 0 Å². The number of benzene rings is 3. The smallest absolute Gasteiger partial charge is 0.242 e. The number of allylic oxidation sites excluding steroid dienone is 2. The van der Waals surface area contributed by atoms with E-state index < -0.39 is 72.4 Å². The third kappa shape index (κ3) is 6.55. The van der Waals surface area contributed by atoms with Crippen molar-refractivity contribution in [3.8, 4) is 11.5 Å². The maximum atomic E-state index is 14.2. The molecule has 58 heavy (non-hydrogen) atoms. The van der Waals surface area contributed by atoms with Crippen LogP contribution in [0.3, 0.4) is 0 Å². The number of para-hydroxylation sites is 1. The fourth-order valence-corrected chi connectivity index (χ4v) is 8.51. The van der Waals surface area contributed by atoms with Crippen LogP contribution >= 0.6 is 0 Å². The van der Waals surface area contributed by atoms with Crippen molar-refractivity contribution in [3.63, 3.8) is 0 Å². The summed E-state index contributed by atoms with van der Waals surface area (Å²) in [4.78, 5) is 43.2. The maximum absolute atomic E-state index is 14.2. The number of nitrogens with one attached hydrogen (secondary N) is 4. The van der Waals surface area contributed by atoms with E-state index in [1.54, 1.807) is 30.4 Å². The van der Waals surface area contributed by atoms with Gasteiger partial charge in [0.2, 0.25) is 12.2 Å². The Morgan fingerprint density at radius 3 is 2.55 bits per heavy atom. The van der Waals surface area contributed by atoms with Gasteiger partial charge in [0.25, 0.3) is 0 Å². The van der Waals surface area contributed by atoms with Crippen LogP contribution in [-0.2, 0) is 19.0 Å². The molecule has 3 aromatic rings. The van der Waals surface area contributed by atoms with E-state index in [9.17, 15) is 29.7 Å². The lowest BCUT2D eigenvalue weighted by molar-refractivity contribution is -0.287. The number of nitrogens with zero attached hydrogens (tertiary/aromatic N) is 1. The minimum Gasteiger partial charge on any atom is -0.504 e. The van der Waals surface area contributed by atoms with Gasteiger partial charge in [-0.15, -0.1) is 0 Å². The van der Waals surface area contributed by atoms with Crippen molar-refractivity contribution < 1.29 is 48.7 Å². The number of anilines is 1. The van der Waals surface area contributed by atoms with Crippen LogP contribution < -0.4 is 42.4 Å². The van der Waals surface area contributed by atoms with Gasteiger partial charge in [0, 0.05) is 40.4 Å². The van der Waals surface area contributed by atoms with Crippen LogP contribution in [0.2, 0.25) is 0 Å². The number of dihydropyridines is 1. The van der Waals surface area contributed by atoms with E-state index in [0.29, 0.717) is 30.0 Å². The third-order valence-electron chi connectivity index (χ3n) is 11.4. The van der Waals surface area contributed by atoms with E-state index in [1.165, 1.54) is 18.4 Å². The lowest BCUT2D eigenvalue weighted by Crippen LogP contribution is -2.70. The summed E-state index contributed by atoms with van der Waals surface area (Å²) >= 11 is 0. The number of nitrogens with two attached hydrogens (primary N) is 2. The van der Waals surface area contributed by atoms with Crippen molar-refractivity contribution in [3.05, 3.63) is 124 Å². The van der Waals surface area contributed by atoms with E-state index in [-0.39, 0.29) is 59.4 Å². The molecule has 3 aromatic carbocycles. The number of amides is 1. The Kier molecular flexibility index (Phi) is 9.89. The van der Waals surface area contributed by atoms with Crippen LogP contribution in [0.15, 0.2) is 90.5 Å². The molecular weight excluding hydrogens is 750 g/mol. The van der Waals surface area contributed by atoms with Crippen molar-refractivity contribution in [1.82, 2.24) is 21.3 Å². The average molecular weight is 794 g/mol. The molecule has 302 valence electrons. The van der Waals surface area contributed by atoms with Gasteiger partial charge in [-0.1, -0.05) is 48.5 Å². The highest BCUT2D eigenvalue weighted by Gasteiger charge is 2.49. The summed E-state index contributed by atoms with van der Waals surface area (Å²) in [6.45, 7) is 0.664. The first-order valence-electron chi connectivity index (χ1n) is 19.1. The molecule has 5 aliphatic heterocycles. The molecule has 2 bridgehead atoms. The lowest BCUT2D eigenvalue weighted by atomic mass is 9.79. The molecule has 0 spiro atoms. The molecule has 17 heteroatoms. The number of ether oxygens (including phenoxy) is 4. The number of phenols is 1. The monoisotopic (exact) mass is 793 g/mol. The molecule has 11 N–H and O–H groups in total. The first kappa shape index (κ1) is 37.8. The Morgan fingerprint density at radius 2 is 1.74 bits per heavy atom. The molecule has 3 fully saturated rings. The summed E-state index contributed by atoms with van der Waals surface area (Å²) in [5.41, 5.74) is 14.6. The molecule has 0 aromatic heterocycles. The predicted octanol–water partition coefficient (Wildman–Crippen LogP) is -0.203. The second-order valence-corrected chi connectivity index (χ2v) is 14.9. The van der Waals surface area contributed by atoms with Crippen LogP contribution in [-0.4, -0.2) is 108 Å². The lowest BCUT2D eigenvalue weighted by Gasteiger charge is -2.42. The second-order valence-electron chi connectivity index (χ2n) is 14.9. The third-order valence-corrected chi connectivity index (χ3v) is 11.4. The Bertz CT molecular complexity index is 2260. The Morgan fingerprint density at radius 1 is 0.966 bits per heavy atom. The molecule has 0 radical (unpaired) electrons. The van der Waals surface area contributed by atoms with E-state index in [4.69, 9.17) is 30.4 Å². The molecule has 9 unspecified atom stereocenters. The molecule has 1 amide bonds. The molecule has 17 nitrogen and oxygen atoms in total. The highest BCUT2D eigenvalue weighted by atomic mass is 16.7. The number of fused-ring (bicyclic) bond motifs is 6. The maximum Gasteiger partial charge on any atom is 0.242 e. The predicted molar refractivity (Wildman–Crippen MR) is 206 cm³/mol. The zero-order chi connectivity index (χ0) is 40.2. The Hall–Kier alpha value is -5.79. The number of hydrogen-bond acceptors (Lipinski definition) is 16. The first-order chi connectivity index (χ1) is 28.1. The normalized spacial score (nSPS) is 30.2. The molecule has 3 saturated heterocycles.